The zero-order valence-electron chi connectivity index (χ0n) is 11.6. The highest BCUT2D eigenvalue weighted by Gasteiger charge is 2.23. The molecule has 0 N–H and O–H groups in total. The number of hydrogen-bond acceptors (Lipinski definition) is 3. The molecule has 0 saturated carbocycles. The second-order valence-electron chi connectivity index (χ2n) is 4.68. The molecule has 2 aromatic rings. The molecule has 2 rings (SSSR count). The molecule has 0 unspecified atom stereocenters. The Balaban J connectivity index is 2.16. The summed E-state index contributed by atoms with van der Waals surface area (Å²) in [4.78, 5) is 24.2. The summed E-state index contributed by atoms with van der Waals surface area (Å²) in [6.07, 6.45) is 0. The van der Waals surface area contributed by atoms with Crippen molar-refractivity contribution in [2.45, 2.75) is 6.54 Å². The average molecular weight is 352 g/mol. The summed E-state index contributed by atoms with van der Waals surface area (Å²) < 4.78 is 2.26. The van der Waals surface area contributed by atoms with Gasteiger partial charge in [-0.1, -0.05) is 28.1 Å². The van der Waals surface area contributed by atoms with Crippen LogP contribution in [0.1, 0.15) is 16.1 Å². The molecule has 1 heterocycles. The number of aromatic nitrogens is 1. The van der Waals surface area contributed by atoms with Gasteiger partial charge in [-0.2, -0.15) is 0 Å². The molecule has 7 heteroatoms. The molecule has 6 nitrogen and oxygen atoms in total. The second kappa shape index (κ2) is 6.09. The molecule has 0 atom stereocenters. The lowest BCUT2D eigenvalue weighted by atomic mass is 10.2. The Labute approximate surface area is 130 Å². The first-order valence-corrected chi connectivity index (χ1v) is 6.99. The fraction of sp³-hybridized carbons (Fsp3) is 0.214. The number of nitro groups is 1. The van der Waals surface area contributed by atoms with E-state index >= 15 is 0 Å². The summed E-state index contributed by atoms with van der Waals surface area (Å²) in [7, 11) is 3.18. The molecule has 1 aromatic carbocycles. The Morgan fingerprint density at radius 3 is 2.43 bits per heavy atom. The van der Waals surface area contributed by atoms with E-state index in [4.69, 9.17) is 0 Å². The van der Waals surface area contributed by atoms with Gasteiger partial charge in [0.15, 0.2) is 5.69 Å². The van der Waals surface area contributed by atoms with Crippen molar-refractivity contribution < 1.29 is 9.72 Å². The molecule has 0 saturated heterocycles. The number of amides is 1. The number of carbonyl (C=O) groups excluding carboxylic acids is 1. The van der Waals surface area contributed by atoms with Gasteiger partial charge in [0, 0.05) is 24.1 Å². The van der Waals surface area contributed by atoms with Crippen LogP contribution in [0.15, 0.2) is 40.9 Å². The highest BCUT2D eigenvalue weighted by molar-refractivity contribution is 9.10. The molecule has 0 aliphatic carbocycles. The zero-order valence-corrected chi connectivity index (χ0v) is 13.2. The lowest BCUT2D eigenvalue weighted by molar-refractivity contribution is -0.391. The van der Waals surface area contributed by atoms with E-state index in [9.17, 15) is 14.9 Å². The Morgan fingerprint density at radius 1 is 1.29 bits per heavy atom. The van der Waals surface area contributed by atoms with E-state index in [2.05, 4.69) is 15.9 Å². The van der Waals surface area contributed by atoms with Gasteiger partial charge in [-0.05, 0) is 28.7 Å². The predicted octanol–water partition coefficient (Wildman–Crippen LogP) is 2.97. The first-order valence-electron chi connectivity index (χ1n) is 6.20. The van der Waals surface area contributed by atoms with Crippen LogP contribution in [0.3, 0.4) is 0 Å². The van der Waals surface area contributed by atoms with Crippen LogP contribution >= 0.6 is 15.9 Å². The number of hydrogen-bond donors (Lipinski definition) is 0. The van der Waals surface area contributed by atoms with Gasteiger partial charge in [0.25, 0.3) is 5.91 Å². The smallest absolute Gasteiger partial charge is 0.323 e. The maximum Gasteiger partial charge on any atom is 0.323 e. The van der Waals surface area contributed by atoms with E-state index in [1.54, 1.807) is 7.05 Å². The van der Waals surface area contributed by atoms with Crippen molar-refractivity contribution in [2.75, 3.05) is 7.05 Å². The summed E-state index contributed by atoms with van der Waals surface area (Å²) >= 11 is 3.36. The van der Waals surface area contributed by atoms with Crippen molar-refractivity contribution in [1.29, 1.82) is 0 Å². The Hall–Kier alpha value is -2.15. The standard InChI is InChI=1S/C14H14BrN3O3/c1-16(9-10-3-5-11(15)6-4-10)14(19)12-7-8-13(17(12)2)18(20)21/h3-8H,9H2,1-2H3. The van der Waals surface area contributed by atoms with Crippen LogP contribution in [0.25, 0.3) is 0 Å². The molecular weight excluding hydrogens is 338 g/mol. The number of benzene rings is 1. The fourth-order valence-electron chi connectivity index (χ4n) is 2.03. The summed E-state index contributed by atoms with van der Waals surface area (Å²) in [6.45, 7) is 0.436. The molecule has 1 amide bonds. The van der Waals surface area contributed by atoms with Crippen LogP contribution < -0.4 is 0 Å². The van der Waals surface area contributed by atoms with Crippen molar-refractivity contribution in [3.8, 4) is 0 Å². The lowest BCUT2D eigenvalue weighted by Crippen LogP contribution is -2.28. The van der Waals surface area contributed by atoms with Gasteiger partial charge in [0.1, 0.15) is 0 Å². The molecule has 0 aliphatic rings. The fourth-order valence-corrected chi connectivity index (χ4v) is 2.29. The molecule has 110 valence electrons. The van der Waals surface area contributed by atoms with E-state index < -0.39 is 4.92 Å². The van der Waals surface area contributed by atoms with Crippen LogP contribution in [0.5, 0.6) is 0 Å². The SMILES string of the molecule is CN(Cc1ccc(Br)cc1)C(=O)c1ccc([N+](=O)[O-])n1C. The largest absolute Gasteiger partial charge is 0.358 e. The molecule has 0 spiro atoms. The molecular formula is C14H14BrN3O3. The monoisotopic (exact) mass is 351 g/mol. The van der Waals surface area contributed by atoms with Gasteiger partial charge in [-0.15, -0.1) is 0 Å². The summed E-state index contributed by atoms with van der Waals surface area (Å²) in [6, 6.07) is 10.4. The third-order valence-electron chi connectivity index (χ3n) is 3.18. The third kappa shape index (κ3) is 3.30. The first kappa shape index (κ1) is 15.2. The minimum atomic E-state index is -0.508. The molecule has 1 aromatic heterocycles. The average Bonchev–Trinajstić information content (AvgIpc) is 2.82. The maximum absolute atomic E-state index is 12.3. The highest BCUT2D eigenvalue weighted by Crippen LogP contribution is 2.17. The number of carbonyl (C=O) groups is 1. The molecule has 0 bridgehead atoms. The van der Waals surface area contributed by atoms with Crippen LogP contribution in [0.2, 0.25) is 0 Å². The highest BCUT2D eigenvalue weighted by atomic mass is 79.9. The Morgan fingerprint density at radius 2 is 1.90 bits per heavy atom. The second-order valence-corrected chi connectivity index (χ2v) is 5.60. The van der Waals surface area contributed by atoms with E-state index in [1.807, 2.05) is 24.3 Å². The number of nitrogens with zero attached hydrogens (tertiary/aromatic N) is 3. The minimum absolute atomic E-state index is 0.101. The van der Waals surface area contributed by atoms with Gasteiger partial charge < -0.3 is 15.0 Å². The quantitative estimate of drug-likeness (QED) is 0.628. The van der Waals surface area contributed by atoms with Crippen molar-refractivity contribution in [1.82, 2.24) is 9.47 Å². The third-order valence-corrected chi connectivity index (χ3v) is 3.71. The first-order chi connectivity index (χ1) is 9.90. The van der Waals surface area contributed by atoms with E-state index in [-0.39, 0.29) is 11.7 Å². The summed E-state index contributed by atoms with van der Waals surface area (Å²) in [5, 5.41) is 10.8. The Kier molecular flexibility index (Phi) is 4.42. The molecule has 21 heavy (non-hydrogen) atoms. The summed E-state index contributed by atoms with van der Waals surface area (Å²) in [5.74, 6) is -0.357. The van der Waals surface area contributed by atoms with Crippen molar-refractivity contribution >= 4 is 27.7 Å². The molecule has 0 radical (unpaired) electrons. The van der Waals surface area contributed by atoms with Crippen LogP contribution in [-0.4, -0.2) is 27.3 Å². The van der Waals surface area contributed by atoms with E-state index in [1.165, 1.54) is 28.6 Å². The molecule has 0 fully saturated rings. The van der Waals surface area contributed by atoms with E-state index in [0.29, 0.717) is 12.2 Å². The van der Waals surface area contributed by atoms with Crippen molar-refractivity contribution in [2.24, 2.45) is 7.05 Å². The topological polar surface area (TPSA) is 68.4 Å². The Bertz CT molecular complexity index is 679. The number of halogens is 1. The van der Waals surface area contributed by atoms with E-state index in [0.717, 1.165) is 10.0 Å². The van der Waals surface area contributed by atoms with Crippen molar-refractivity contribution in [3.63, 3.8) is 0 Å². The van der Waals surface area contributed by atoms with Gasteiger partial charge in [0.05, 0.1) is 7.05 Å². The maximum atomic E-state index is 12.3. The minimum Gasteiger partial charge on any atom is -0.358 e. The van der Waals surface area contributed by atoms with Gasteiger partial charge >= 0.3 is 5.82 Å². The van der Waals surface area contributed by atoms with Gasteiger partial charge in [-0.25, -0.2) is 4.57 Å². The zero-order chi connectivity index (χ0) is 15.6. The van der Waals surface area contributed by atoms with Crippen LogP contribution in [-0.2, 0) is 13.6 Å². The van der Waals surface area contributed by atoms with Crippen LogP contribution in [0, 0.1) is 10.1 Å². The predicted molar refractivity (Wildman–Crippen MR) is 82.0 cm³/mol. The summed E-state index contributed by atoms with van der Waals surface area (Å²) in [5.41, 5.74) is 1.28. The lowest BCUT2D eigenvalue weighted by Gasteiger charge is -2.16. The van der Waals surface area contributed by atoms with Crippen molar-refractivity contribution in [3.05, 3.63) is 62.2 Å². The number of rotatable bonds is 4. The molecule has 0 aliphatic heterocycles. The van der Waals surface area contributed by atoms with Crippen LogP contribution in [0.4, 0.5) is 5.82 Å². The van der Waals surface area contributed by atoms with Gasteiger partial charge in [0.2, 0.25) is 0 Å². The van der Waals surface area contributed by atoms with Gasteiger partial charge in [-0.3, -0.25) is 4.79 Å². The normalized spacial score (nSPS) is 10.4.